The Kier molecular flexibility index (Phi) is 4.71. The van der Waals surface area contributed by atoms with E-state index >= 15 is 0 Å². The van der Waals surface area contributed by atoms with Crippen LogP contribution in [0.5, 0.6) is 0 Å². The second-order valence-corrected chi connectivity index (χ2v) is 6.77. The molecular weight excluding hydrogens is 330 g/mol. The number of rotatable bonds is 5. The second kappa shape index (κ2) is 7.29. The maximum absolute atomic E-state index is 12.8. The lowest BCUT2D eigenvalue weighted by Crippen LogP contribution is -2.41. The maximum Gasteiger partial charge on any atom is 0.244 e. The maximum atomic E-state index is 12.8. The van der Waals surface area contributed by atoms with Crippen molar-refractivity contribution in [3.05, 3.63) is 48.4 Å². The summed E-state index contributed by atoms with van der Waals surface area (Å²) in [5.41, 5.74) is 1.98. The standard InChI is InChI=1S/C19H23N5O2/c25-11-10-23-9-7-17(21-23)16-5-3-8-22(13-16)19(26)14-24-18-6-2-1-4-15(18)12-20-24/h1-2,4,6-7,9,12,16,25H,3,5,8,10-11,13-14H2/t16-/m1/s1. The fourth-order valence-corrected chi connectivity index (χ4v) is 3.65. The van der Waals surface area contributed by atoms with E-state index in [4.69, 9.17) is 5.11 Å². The van der Waals surface area contributed by atoms with Gasteiger partial charge < -0.3 is 10.0 Å². The molecule has 136 valence electrons. The third kappa shape index (κ3) is 3.35. The van der Waals surface area contributed by atoms with Gasteiger partial charge in [0.25, 0.3) is 0 Å². The molecule has 1 saturated heterocycles. The van der Waals surface area contributed by atoms with Crippen LogP contribution in [-0.2, 0) is 17.9 Å². The van der Waals surface area contributed by atoms with Crippen molar-refractivity contribution in [3.63, 3.8) is 0 Å². The number of para-hydroxylation sites is 1. The third-order valence-electron chi connectivity index (χ3n) is 5.02. The van der Waals surface area contributed by atoms with Gasteiger partial charge in [-0.15, -0.1) is 0 Å². The fourth-order valence-electron chi connectivity index (χ4n) is 3.65. The molecule has 1 fully saturated rings. The first-order valence-corrected chi connectivity index (χ1v) is 9.07. The van der Waals surface area contributed by atoms with Gasteiger partial charge in [0.1, 0.15) is 6.54 Å². The molecule has 1 amide bonds. The van der Waals surface area contributed by atoms with E-state index < -0.39 is 0 Å². The number of likely N-dealkylation sites (tertiary alicyclic amines) is 1. The highest BCUT2D eigenvalue weighted by Crippen LogP contribution is 2.26. The van der Waals surface area contributed by atoms with Crippen LogP contribution >= 0.6 is 0 Å². The zero-order chi connectivity index (χ0) is 17.9. The SMILES string of the molecule is O=C(Cn1ncc2ccccc21)N1CCC[C@@H](c2ccn(CCO)n2)C1. The van der Waals surface area contributed by atoms with Crippen LogP contribution in [0.4, 0.5) is 0 Å². The molecule has 0 spiro atoms. The highest BCUT2D eigenvalue weighted by atomic mass is 16.3. The Hall–Kier alpha value is -2.67. The number of fused-ring (bicyclic) bond motifs is 1. The minimum atomic E-state index is 0.0776. The number of carbonyl (C=O) groups is 1. The van der Waals surface area contributed by atoms with E-state index in [0.717, 1.165) is 36.0 Å². The van der Waals surface area contributed by atoms with Gasteiger partial charge in [-0.25, -0.2) is 0 Å². The zero-order valence-electron chi connectivity index (χ0n) is 14.7. The summed E-state index contributed by atoms with van der Waals surface area (Å²) in [7, 11) is 0. The summed E-state index contributed by atoms with van der Waals surface area (Å²) in [5.74, 6) is 0.348. The van der Waals surface area contributed by atoms with Gasteiger partial charge in [0.15, 0.2) is 0 Å². The van der Waals surface area contributed by atoms with Crippen molar-refractivity contribution in [1.29, 1.82) is 0 Å². The van der Waals surface area contributed by atoms with Gasteiger partial charge >= 0.3 is 0 Å². The molecule has 26 heavy (non-hydrogen) atoms. The van der Waals surface area contributed by atoms with Crippen molar-refractivity contribution in [3.8, 4) is 0 Å². The summed E-state index contributed by atoms with van der Waals surface area (Å²) < 4.78 is 3.53. The summed E-state index contributed by atoms with van der Waals surface area (Å²) in [6.45, 7) is 2.31. The number of hydrogen-bond acceptors (Lipinski definition) is 4. The number of hydrogen-bond donors (Lipinski definition) is 1. The number of amides is 1. The molecule has 4 rings (SSSR count). The lowest BCUT2D eigenvalue weighted by Gasteiger charge is -2.32. The van der Waals surface area contributed by atoms with Gasteiger partial charge in [0.05, 0.1) is 30.6 Å². The number of aliphatic hydroxyl groups is 1. The average molecular weight is 353 g/mol. The van der Waals surface area contributed by atoms with Crippen LogP contribution in [-0.4, -0.2) is 55.2 Å². The smallest absolute Gasteiger partial charge is 0.244 e. The fraction of sp³-hybridized carbons (Fsp3) is 0.421. The van der Waals surface area contributed by atoms with Crippen LogP contribution in [0.25, 0.3) is 10.9 Å². The van der Waals surface area contributed by atoms with E-state index in [2.05, 4.69) is 10.2 Å². The Morgan fingerprint density at radius 1 is 1.27 bits per heavy atom. The van der Waals surface area contributed by atoms with Crippen molar-refractivity contribution in [2.24, 2.45) is 0 Å². The lowest BCUT2D eigenvalue weighted by atomic mass is 9.95. The molecule has 0 bridgehead atoms. The van der Waals surface area contributed by atoms with Gasteiger partial charge in [0.2, 0.25) is 5.91 Å². The minimum Gasteiger partial charge on any atom is -0.394 e. The molecule has 0 unspecified atom stereocenters. The van der Waals surface area contributed by atoms with Crippen LogP contribution < -0.4 is 0 Å². The topological polar surface area (TPSA) is 76.2 Å². The molecule has 7 heteroatoms. The van der Waals surface area contributed by atoms with E-state index in [1.54, 1.807) is 15.6 Å². The molecule has 1 aliphatic rings. The predicted molar refractivity (Wildman–Crippen MR) is 97.6 cm³/mol. The quantitative estimate of drug-likeness (QED) is 0.756. The highest BCUT2D eigenvalue weighted by molar-refractivity contribution is 5.82. The average Bonchev–Trinajstić information content (AvgIpc) is 3.30. The number of carbonyl (C=O) groups excluding carboxylic acids is 1. The summed E-state index contributed by atoms with van der Waals surface area (Å²) >= 11 is 0. The first-order chi connectivity index (χ1) is 12.7. The van der Waals surface area contributed by atoms with Crippen molar-refractivity contribution >= 4 is 16.8 Å². The second-order valence-electron chi connectivity index (χ2n) is 6.77. The predicted octanol–water partition coefficient (Wildman–Crippen LogP) is 1.63. The van der Waals surface area contributed by atoms with Gasteiger partial charge in [-0.1, -0.05) is 18.2 Å². The molecule has 2 aromatic heterocycles. The van der Waals surface area contributed by atoms with Crippen molar-refractivity contribution in [2.45, 2.75) is 31.8 Å². The normalized spacial score (nSPS) is 17.7. The Bertz CT molecular complexity index is 900. The van der Waals surface area contributed by atoms with Crippen LogP contribution in [0.15, 0.2) is 42.7 Å². The molecule has 0 aliphatic carbocycles. The van der Waals surface area contributed by atoms with E-state index in [1.807, 2.05) is 41.4 Å². The molecular formula is C19H23N5O2. The summed E-state index contributed by atoms with van der Waals surface area (Å²) in [6.07, 6.45) is 5.70. The third-order valence-corrected chi connectivity index (χ3v) is 5.02. The van der Waals surface area contributed by atoms with E-state index in [9.17, 15) is 4.79 Å². The van der Waals surface area contributed by atoms with Crippen molar-refractivity contribution in [2.75, 3.05) is 19.7 Å². The summed E-state index contributed by atoms with van der Waals surface area (Å²) in [6, 6.07) is 9.92. The highest BCUT2D eigenvalue weighted by Gasteiger charge is 2.26. The molecule has 1 atom stereocenters. The van der Waals surface area contributed by atoms with Gasteiger partial charge in [-0.2, -0.15) is 10.2 Å². The molecule has 1 N–H and O–H groups in total. The molecule has 3 heterocycles. The Morgan fingerprint density at radius 3 is 3.04 bits per heavy atom. The Labute approximate surface area is 151 Å². The molecule has 1 aliphatic heterocycles. The molecule has 0 saturated carbocycles. The van der Waals surface area contributed by atoms with Crippen molar-refractivity contribution < 1.29 is 9.90 Å². The monoisotopic (exact) mass is 353 g/mol. The van der Waals surface area contributed by atoms with E-state index in [1.165, 1.54) is 0 Å². The summed E-state index contributed by atoms with van der Waals surface area (Å²) in [4.78, 5) is 14.7. The number of nitrogens with zero attached hydrogens (tertiary/aromatic N) is 5. The van der Waals surface area contributed by atoms with Crippen LogP contribution in [0.2, 0.25) is 0 Å². The Morgan fingerprint density at radius 2 is 2.15 bits per heavy atom. The minimum absolute atomic E-state index is 0.0776. The Balaban J connectivity index is 1.44. The van der Waals surface area contributed by atoms with Crippen LogP contribution in [0.3, 0.4) is 0 Å². The lowest BCUT2D eigenvalue weighted by molar-refractivity contribution is -0.133. The van der Waals surface area contributed by atoms with Crippen LogP contribution in [0, 0.1) is 0 Å². The van der Waals surface area contributed by atoms with Gasteiger partial charge in [-0.3, -0.25) is 14.2 Å². The molecule has 0 radical (unpaired) electrons. The first-order valence-electron chi connectivity index (χ1n) is 9.07. The number of aromatic nitrogens is 4. The first kappa shape index (κ1) is 16.8. The molecule has 7 nitrogen and oxygen atoms in total. The molecule has 1 aromatic carbocycles. The van der Waals surface area contributed by atoms with E-state index in [-0.39, 0.29) is 25.0 Å². The number of aliphatic hydroxyl groups excluding tert-OH is 1. The molecule has 3 aromatic rings. The van der Waals surface area contributed by atoms with Gasteiger partial charge in [-0.05, 0) is 25.0 Å². The van der Waals surface area contributed by atoms with Crippen molar-refractivity contribution in [1.82, 2.24) is 24.5 Å². The van der Waals surface area contributed by atoms with E-state index in [0.29, 0.717) is 13.1 Å². The van der Waals surface area contributed by atoms with Crippen LogP contribution in [0.1, 0.15) is 24.5 Å². The van der Waals surface area contributed by atoms with Gasteiger partial charge in [0, 0.05) is 30.6 Å². The number of benzene rings is 1. The zero-order valence-corrected chi connectivity index (χ0v) is 14.7. The summed E-state index contributed by atoms with van der Waals surface area (Å²) in [5, 5.41) is 19.0. The number of piperidine rings is 1. The largest absolute Gasteiger partial charge is 0.394 e.